The van der Waals surface area contributed by atoms with E-state index in [-0.39, 0.29) is 17.4 Å². The molecule has 2 aromatic rings. The Balaban J connectivity index is 2.27. The summed E-state index contributed by atoms with van der Waals surface area (Å²) in [5.74, 6) is 0.891. The standard InChI is InChI=1S/C15H22N4O/c1-9(16-5)13(20)17-10-6-7-11-12(8-10)19-14(18-11)15(2,3)4/h6-9,16H,1-5H3,(H,17,20)(H,18,19). The van der Waals surface area contributed by atoms with Gasteiger partial charge in [-0.25, -0.2) is 4.98 Å². The molecule has 2 rings (SSSR count). The molecular weight excluding hydrogens is 252 g/mol. The number of imidazole rings is 1. The second-order valence-electron chi connectivity index (χ2n) is 6.07. The number of aromatic amines is 1. The van der Waals surface area contributed by atoms with Crippen molar-refractivity contribution in [3.05, 3.63) is 24.0 Å². The van der Waals surface area contributed by atoms with Crippen LogP contribution in [0.3, 0.4) is 0 Å². The van der Waals surface area contributed by atoms with E-state index in [2.05, 4.69) is 41.4 Å². The summed E-state index contributed by atoms with van der Waals surface area (Å²) in [5, 5.41) is 5.80. The molecule has 1 unspecified atom stereocenters. The van der Waals surface area contributed by atoms with Gasteiger partial charge in [-0.05, 0) is 32.2 Å². The van der Waals surface area contributed by atoms with E-state index in [0.29, 0.717) is 0 Å². The lowest BCUT2D eigenvalue weighted by Crippen LogP contribution is -2.35. The summed E-state index contributed by atoms with van der Waals surface area (Å²) >= 11 is 0. The highest BCUT2D eigenvalue weighted by Gasteiger charge is 2.18. The van der Waals surface area contributed by atoms with Gasteiger partial charge in [0.15, 0.2) is 0 Å². The molecule has 0 aliphatic carbocycles. The average molecular weight is 274 g/mol. The second kappa shape index (κ2) is 5.25. The molecule has 1 atom stereocenters. The lowest BCUT2D eigenvalue weighted by molar-refractivity contribution is -0.117. The molecule has 1 aromatic carbocycles. The van der Waals surface area contributed by atoms with E-state index in [1.807, 2.05) is 25.1 Å². The molecular formula is C15H22N4O. The molecule has 1 heterocycles. The summed E-state index contributed by atoms with van der Waals surface area (Å²) < 4.78 is 0. The fourth-order valence-corrected chi connectivity index (χ4v) is 1.82. The first-order valence-corrected chi connectivity index (χ1v) is 6.79. The summed E-state index contributed by atoms with van der Waals surface area (Å²) in [6.07, 6.45) is 0. The van der Waals surface area contributed by atoms with E-state index in [9.17, 15) is 4.79 Å². The van der Waals surface area contributed by atoms with Crippen LogP contribution in [0, 0.1) is 0 Å². The minimum Gasteiger partial charge on any atom is -0.341 e. The van der Waals surface area contributed by atoms with Crippen LogP contribution < -0.4 is 10.6 Å². The fraction of sp³-hybridized carbons (Fsp3) is 0.467. The average Bonchev–Trinajstić information content (AvgIpc) is 2.80. The van der Waals surface area contributed by atoms with Crippen molar-refractivity contribution in [2.45, 2.75) is 39.2 Å². The van der Waals surface area contributed by atoms with Crippen molar-refractivity contribution >= 4 is 22.6 Å². The molecule has 3 N–H and O–H groups in total. The van der Waals surface area contributed by atoms with Gasteiger partial charge in [0.05, 0.1) is 17.1 Å². The van der Waals surface area contributed by atoms with Crippen LogP contribution in [-0.4, -0.2) is 29.0 Å². The zero-order valence-corrected chi connectivity index (χ0v) is 12.7. The predicted molar refractivity (Wildman–Crippen MR) is 81.9 cm³/mol. The molecule has 5 heteroatoms. The van der Waals surface area contributed by atoms with E-state index in [1.165, 1.54) is 0 Å². The van der Waals surface area contributed by atoms with Gasteiger partial charge in [0.2, 0.25) is 5.91 Å². The van der Waals surface area contributed by atoms with E-state index < -0.39 is 0 Å². The van der Waals surface area contributed by atoms with Crippen LogP contribution in [0.2, 0.25) is 0 Å². The summed E-state index contributed by atoms with van der Waals surface area (Å²) in [5.41, 5.74) is 2.59. The smallest absolute Gasteiger partial charge is 0.241 e. The van der Waals surface area contributed by atoms with Crippen molar-refractivity contribution in [2.24, 2.45) is 0 Å². The van der Waals surface area contributed by atoms with Crippen LogP contribution in [0.5, 0.6) is 0 Å². The van der Waals surface area contributed by atoms with Crippen molar-refractivity contribution in [1.82, 2.24) is 15.3 Å². The van der Waals surface area contributed by atoms with Crippen LogP contribution >= 0.6 is 0 Å². The third-order valence-electron chi connectivity index (χ3n) is 3.29. The number of carbonyl (C=O) groups excluding carboxylic acids is 1. The Morgan fingerprint density at radius 1 is 1.35 bits per heavy atom. The number of anilines is 1. The summed E-state index contributed by atoms with van der Waals surface area (Å²) in [6.45, 7) is 8.16. The molecule has 5 nitrogen and oxygen atoms in total. The predicted octanol–water partition coefficient (Wildman–Crippen LogP) is 2.41. The molecule has 108 valence electrons. The normalized spacial score (nSPS) is 13.4. The van der Waals surface area contributed by atoms with Crippen LogP contribution in [0.15, 0.2) is 18.2 Å². The first kappa shape index (κ1) is 14.5. The number of nitrogens with one attached hydrogen (secondary N) is 3. The Morgan fingerprint density at radius 3 is 2.65 bits per heavy atom. The zero-order chi connectivity index (χ0) is 14.9. The van der Waals surface area contributed by atoms with Gasteiger partial charge >= 0.3 is 0 Å². The number of nitrogens with zero attached hydrogens (tertiary/aromatic N) is 1. The molecule has 0 aliphatic rings. The van der Waals surface area contributed by atoms with E-state index in [1.54, 1.807) is 7.05 Å². The summed E-state index contributed by atoms with van der Waals surface area (Å²) in [7, 11) is 1.76. The van der Waals surface area contributed by atoms with E-state index in [0.717, 1.165) is 22.5 Å². The zero-order valence-electron chi connectivity index (χ0n) is 12.7. The number of amides is 1. The minimum atomic E-state index is -0.224. The van der Waals surface area contributed by atoms with E-state index in [4.69, 9.17) is 0 Å². The van der Waals surface area contributed by atoms with Gasteiger partial charge in [0, 0.05) is 11.1 Å². The molecule has 20 heavy (non-hydrogen) atoms. The van der Waals surface area contributed by atoms with Gasteiger partial charge in [-0.2, -0.15) is 0 Å². The minimum absolute atomic E-state index is 0.0247. The molecule has 0 saturated heterocycles. The van der Waals surface area contributed by atoms with Crippen LogP contribution in [0.25, 0.3) is 11.0 Å². The number of H-pyrrole nitrogens is 1. The molecule has 0 aliphatic heterocycles. The molecule has 1 aromatic heterocycles. The maximum Gasteiger partial charge on any atom is 0.241 e. The van der Waals surface area contributed by atoms with Gasteiger partial charge in [0.25, 0.3) is 0 Å². The number of fused-ring (bicyclic) bond motifs is 1. The quantitative estimate of drug-likeness (QED) is 0.805. The molecule has 0 radical (unpaired) electrons. The summed E-state index contributed by atoms with van der Waals surface area (Å²) in [6, 6.07) is 5.48. The van der Waals surface area contributed by atoms with Crippen LogP contribution in [0.4, 0.5) is 5.69 Å². The van der Waals surface area contributed by atoms with Gasteiger partial charge in [0.1, 0.15) is 5.82 Å². The number of hydrogen-bond donors (Lipinski definition) is 3. The fourth-order valence-electron chi connectivity index (χ4n) is 1.82. The Labute approximate surface area is 119 Å². The molecule has 0 saturated carbocycles. The lowest BCUT2D eigenvalue weighted by Gasteiger charge is -2.13. The SMILES string of the molecule is CNC(C)C(=O)Nc1ccc2nc(C(C)(C)C)[nH]c2c1. The van der Waals surface area contributed by atoms with Crippen molar-refractivity contribution in [2.75, 3.05) is 12.4 Å². The van der Waals surface area contributed by atoms with Crippen molar-refractivity contribution < 1.29 is 4.79 Å². The number of benzene rings is 1. The Kier molecular flexibility index (Phi) is 3.81. The third kappa shape index (κ3) is 2.99. The molecule has 1 amide bonds. The van der Waals surface area contributed by atoms with E-state index >= 15 is 0 Å². The van der Waals surface area contributed by atoms with Crippen LogP contribution in [0.1, 0.15) is 33.5 Å². The molecule has 0 bridgehead atoms. The van der Waals surface area contributed by atoms with Gasteiger partial charge in [-0.1, -0.05) is 20.8 Å². The van der Waals surface area contributed by atoms with Crippen molar-refractivity contribution in [3.8, 4) is 0 Å². The van der Waals surface area contributed by atoms with Gasteiger partial charge < -0.3 is 15.6 Å². The highest BCUT2D eigenvalue weighted by atomic mass is 16.2. The monoisotopic (exact) mass is 274 g/mol. The number of likely N-dealkylation sites (N-methyl/N-ethyl adjacent to an activating group) is 1. The Bertz CT molecular complexity index is 624. The lowest BCUT2D eigenvalue weighted by atomic mass is 9.96. The van der Waals surface area contributed by atoms with Gasteiger partial charge in [-0.3, -0.25) is 4.79 Å². The number of rotatable bonds is 3. The third-order valence-corrected chi connectivity index (χ3v) is 3.29. The largest absolute Gasteiger partial charge is 0.341 e. The number of carbonyl (C=O) groups is 1. The van der Waals surface area contributed by atoms with Gasteiger partial charge in [-0.15, -0.1) is 0 Å². The second-order valence-corrected chi connectivity index (χ2v) is 6.07. The summed E-state index contributed by atoms with van der Waals surface area (Å²) in [4.78, 5) is 19.7. The first-order valence-electron chi connectivity index (χ1n) is 6.79. The molecule has 0 spiro atoms. The highest BCUT2D eigenvalue weighted by molar-refractivity contribution is 5.96. The van der Waals surface area contributed by atoms with Crippen LogP contribution in [-0.2, 0) is 10.2 Å². The Morgan fingerprint density at radius 2 is 2.05 bits per heavy atom. The molecule has 0 fully saturated rings. The Hall–Kier alpha value is -1.88. The number of hydrogen-bond acceptors (Lipinski definition) is 3. The maximum atomic E-state index is 11.8. The topological polar surface area (TPSA) is 69.8 Å². The first-order chi connectivity index (χ1) is 9.31. The van der Waals surface area contributed by atoms with Crippen molar-refractivity contribution in [3.63, 3.8) is 0 Å². The number of aromatic nitrogens is 2. The highest BCUT2D eigenvalue weighted by Crippen LogP contribution is 2.24. The maximum absolute atomic E-state index is 11.8. The van der Waals surface area contributed by atoms with Crippen molar-refractivity contribution in [1.29, 1.82) is 0 Å².